The lowest BCUT2D eigenvalue weighted by molar-refractivity contribution is -0.162. The van der Waals surface area contributed by atoms with Crippen LogP contribution in [0.25, 0.3) is 0 Å². The predicted octanol–water partition coefficient (Wildman–Crippen LogP) is 20.3. The fourth-order valence-electron chi connectivity index (χ4n) is 7.96. The van der Waals surface area contributed by atoms with E-state index >= 15 is 0 Å². The van der Waals surface area contributed by atoms with Gasteiger partial charge in [0.25, 0.3) is 0 Å². The number of hydrogen-bond donors (Lipinski definition) is 0. The monoisotopic (exact) mass is 971 g/mol. The van der Waals surface area contributed by atoms with Crippen LogP contribution in [0.4, 0.5) is 0 Å². The standard InChI is InChI=1S/C65H110O5/c1-4-7-10-13-16-19-22-25-28-31-33-35-37-40-43-46-49-52-55-58-64(66)69-62-63(61-68-60-57-54-51-48-45-42-39-30-27-24-21-18-15-12-9-6-3)70-65(67)59-56-53-50-47-44-41-38-36-34-32-29-26-23-20-17-14-11-8-5-2/h7,10,16-17,19-20,25-26,28-29,33-36,40,43,49,52,63H,4-6,8-9,11-15,18,21-24,27,30-32,37-39,41-42,44-48,50-51,53-62H2,1-3H3/b10-7-,19-16-,20-17-,28-25-,29-26-,35-33-,36-34-,43-40-,52-49-. The van der Waals surface area contributed by atoms with E-state index in [4.69, 9.17) is 14.2 Å². The molecule has 0 aromatic heterocycles. The summed E-state index contributed by atoms with van der Waals surface area (Å²) >= 11 is 0. The summed E-state index contributed by atoms with van der Waals surface area (Å²) in [7, 11) is 0. The lowest BCUT2D eigenvalue weighted by Crippen LogP contribution is -2.30. The van der Waals surface area contributed by atoms with Crippen LogP contribution < -0.4 is 0 Å². The van der Waals surface area contributed by atoms with Crippen LogP contribution in [0, 0.1) is 0 Å². The third-order valence-corrected chi connectivity index (χ3v) is 12.3. The van der Waals surface area contributed by atoms with Crippen LogP contribution in [-0.2, 0) is 23.8 Å². The number of carbonyl (C=O) groups excluding carboxylic acids is 2. The van der Waals surface area contributed by atoms with Gasteiger partial charge in [0.05, 0.1) is 6.61 Å². The van der Waals surface area contributed by atoms with Crippen LogP contribution in [0.15, 0.2) is 109 Å². The second-order valence-corrected chi connectivity index (χ2v) is 19.2. The van der Waals surface area contributed by atoms with Crippen molar-refractivity contribution in [3.63, 3.8) is 0 Å². The molecule has 5 heteroatoms. The zero-order chi connectivity index (χ0) is 50.6. The minimum absolute atomic E-state index is 0.0363. The Labute approximate surface area is 434 Å². The van der Waals surface area contributed by atoms with Gasteiger partial charge < -0.3 is 14.2 Å². The molecule has 0 aliphatic heterocycles. The minimum Gasteiger partial charge on any atom is -0.462 e. The second-order valence-electron chi connectivity index (χ2n) is 19.2. The Morgan fingerprint density at radius 3 is 1.11 bits per heavy atom. The highest BCUT2D eigenvalue weighted by molar-refractivity contribution is 5.70. The van der Waals surface area contributed by atoms with E-state index in [9.17, 15) is 9.59 Å². The number of ether oxygens (including phenoxy) is 3. The molecule has 0 saturated carbocycles. The van der Waals surface area contributed by atoms with Crippen LogP contribution in [0.5, 0.6) is 0 Å². The Balaban J connectivity index is 4.42. The van der Waals surface area contributed by atoms with E-state index in [1.165, 1.54) is 135 Å². The largest absolute Gasteiger partial charge is 0.462 e. The Morgan fingerprint density at radius 1 is 0.329 bits per heavy atom. The molecule has 0 saturated heterocycles. The molecule has 0 aromatic rings. The third-order valence-electron chi connectivity index (χ3n) is 12.3. The number of allylic oxidation sites excluding steroid dienone is 18. The van der Waals surface area contributed by atoms with Gasteiger partial charge in [-0.2, -0.15) is 0 Å². The number of carbonyl (C=O) groups is 2. The van der Waals surface area contributed by atoms with E-state index in [1.54, 1.807) is 0 Å². The summed E-state index contributed by atoms with van der Waals surface area (Å²) < 4.78 is 17.4. The van der Waals surface area contributed by atoms with Gasteiger partial charge in [0.15, 0.2) is 6.10 Å². The van der Waals surface area contributed by atoms with E-state index < -0.39 is 6.10 Å². The lowest BCUT2D eigenvalue weighted by Gasteiger charge is -2.18. The molecule has 0 spiro atoms. The zero-order valence-corrected chi connectivity index (χ0v) is 46.0. The average molecular weight is 972 g/mol. The van der Waals surface area contributed by atoms with Crippen molar-refractivity contribution in [3.8, 4) is 0 Å². The number of hydrogen-bond acceptors (Lipinski definition) is 5. The Bertz CT molecular complexity index is 1380. The van der Waals surface area contributed by atoms with Gasteiger partial charge in [-0.15, -0.1) is 0 Å². The molecule has 1 unspecified atom stereocenters. The van der Waals surface area contributed by atoms with Crippen LogP contribution in [0.1, 0.15) is 265 Å². The maximum atomic E-state index is 12.9. The number of esters is 2. The average Bonchev–Trinajstić information content (AvgIpc) is 3.36. The fraction of sp³-hybridized carbons (Fsp3) is 0.692. The summed E-state index contributed by atoms with van der Waals surface area (Å²) in [5, 5.41) is 0. The summed E-state index contributed by atoms with van der Waals surface area (Å²) in [6, 6.07) is 0. The molecule has 0 aromatic carbocycles. The maximum absolute atomic E-state index is 12.9. The van der Waals surface area contributed by atoms with Gasteiger partial charge in [-0.25, -0.2) is 0 Å². The van der Waals surface area contributed by atoms with Gasteiger partial charge in [-0.1, -0.05) is 265 Å². The molecule has 0 amide bonds. The van der Waals surface area contributed by atoms with Crippen molar-refractivity contribution < 1.29 is 23.8 Å². The van der Waals surface area contributed by atoms with Crippen LogP contribution in [-0.4, -0.2) is 37.9 Å². The topological polar surface area (TPSA) is 61.8 Å². The van der Waals surface area contributed by atoms with Crippen molar-refractivity contribution in [1.29, 1.82) is 0 Å². The molecule has 70 heavy (non-hydrogen) atoms. The van der Waals surface area contributed by atoms with E-state index in [0.717, 1.165) is 89.9 Å². The molecule has 0 radical (unpaired) electrons. The van der Waals surface area contributed by atoms with Crippen molar-refractivity contribution in [1.82, 2.24) is 0 Å². The summed E-state index contributed by atoms with van der Waals surface area (Å²) in [4.78, 5) is 25.5. The molecule has 5 nitrogen and oxygen atoms in total. The quantitative estimate of drug-likeness (QED) is 0.0345. The summed E-state index contributed by atoms with van der Waals surface area (Å²) in [5.41, 5.74) is 0. The smallest absolute Gasteiger partial charge is 0.306 e. The zero-order valence-electron chi connectivity index (χ0n) is 46.0. The highest BCUT2D eigenvalue weighted by Gasteiger charge is 2.17. The molecule has 0 rings (SSSR count). The summed E-state index contributed by atoms with van der Waals surface area (Å²) in [6.07, 6.45) is 82.6. The highest BCUT2D eigenvalue weighted by atomic mass is 16.6. The van der Waals surface area contributed by atoms with E-state index in [-0.39, 0.29) is 25.2 Å². The molecule has 1 atom stereocenters. The van der Waals surface area contributed by atoms with Crippen molar-refractivity contribution >= 4 is 11.9 Å². The van der Waals surface area contributed by atoms with Gasteiger partial charge in [-0.3, -0.25) is 9.59 Å². The number of rotatable bonds is 53. The molecule has 0 aliphatic carbocycles. The third kappa shape index (κ3) is 57.1. The molecular formula is C65H110O5. The first-order chi connectivity index (χ1) is 34.6. The molecule has 0 heterocycles. The molecule has 0 aliphatic rings. The van der Waals surface area contributed by atoms with Crippen molar-refractivity contribution in [2.24, 2.45) is 0 Å². The van der Waals surface area contributed by atoms with Gasteiger partial charge in [-0.05, 0) is 96.3 Å². The van der Waals surface area contributed by atoms with E-state index in [0.29, 0.717) is 25.9 Å². The SMILES string of the molecule is CC/C=C\C/C=C\C/C=C\C/C=C\C/C=C\C/C=C\CCC(=O)OCC(COCCCCCCCCCCCCCCCCCC)OC(=O)CCCCCCCC/C=C\C/C=C\C/C=C\CCCCC. The predicted molar refractivity (Wildman–Crippen MR) is 306 cm³/mol. The van der Waals surface area contributed by atoms with Crippen molar-refractivity contribution in [3.05, 3.63) is 109 Å². The first-order valence-electron chi connectivity index (χ1n) is 29.4. The van der Waals surface area contributed by atoms with E-state index in [2.05, 4.69) is 124 Å². The maximum Gasteiger partial charge on any atom is 0.306 e. The normalized spacial score (nSPS) is 13.0. The van der Waals surface area contributed by atoms with Gasteiger partial charge in [0.2, 0.25) is 0 Å². The van der Waals surface area contributed by atoms with Gasteiger partial charge in [0.1, 0.15) is 6.61 Å². The molecular weight excluding hydrogens is 861 g/mol. The van der Waals surface area contributed by atoms with Crippen molar-refractivity contribution in [2.75, 3.05) is 19.8 Å². The highest BCUT2D eigenvalue weighted by Crippen LogP contribution is 2.15. The Hall–Kier alpha value is -3.44. The molecule has 0 fully saturated rings. The Morgan fingerprint density at radius 2 is 0.671 bits per heavy atom. The summed E-state index contributed by atoms with van der Waals surface area (Å²) in [6.45, 7) is 7.62. The van der Waals surface area contributed by atoms with Gasteiger partial charge >= 0.3 is 11.9 Å². The molecule has 400 valence electrons. The van der Waals surface area contributed by atoms with E-state index in [1.807, 2.05) is 6.08 Å². The Kier molecular flexibility index (Phi) is 56.9. The number of unbranched alkanes of at least 4 members (excludes halogenated alkanes) is 24. The van der Waals surface area contributed by atoms with Crippen LogP contribution >= 0.6 is 0 Å². The first kappa shape index (κ1) is 66.6. The fourth-order valence-corrected chi connectivity index (χ4v) is 7.96. The summed E-state index contributed by atoms with van der Waals surface area (Å²) in [5.74, 6) is -0.505. The van der Waals surface area contributed by atoms with Crippen LogP contribution in [0.3, 0.4) is 0 Å². The minimum atomic E-state index is -0.580. The molecule has 0 N–H and O–H groups in total. The first-order valence-corrected chi connectivity index (χ1v) is 29.4. The second kappa shape index (κ2) is 59.9. The lowest BCUT2D eigenvalue weighted by atomic mass is 10.0. The van der Waals surface area contributed by atoms with Gasteiger partial charge in [0, 0.05) is 19.4 Å². The van der Waals surface area contributed by atoms with Crippen LogP contribution in [0.2, 0.25) is 0 Å². The van der Waals surface area contributed by atoms with Crippen molar-refractivity contribution in [2.45, 2.75) is 271 Å². The molecule has 0 bridgehead atoms.